The minimum atomic E-state index is 0.0167. The number of anilines is 2. The molecule has 3 N–H and O–H groups in total. The quantitative estimate of drug-likeness (QED) is 0.814. The van der Waals surface area contributed by atoms with Crippen molar-refractivity contribution in [1.29, 1.82) is 0 Å². The summed E-state index contributed by atoms with van der Waals surface area (Å²) in [6.07, 6.45) is 0. The highest BCUT2D eigenvalue weighted by Gasteiger charge is 2.24. The van der Waals surface area contributed by atoms with Crippen molar-refractivity contribution >= 4 is 27.3 Å². The summed E-state index contributed by atoms with van der Waals surface area (Å²) in [4.78, 5) is 2.17. The van der Waals surface area contributed by atoms with E-state index >= 15 is 0 Å². The molecule has 0 spiro atoms. The number of aryl methyl sites for hydroxylation is 1. The predicted octanol–water partition coefficient (Wildman–Crippen LogP) is 1.54. The van der Waals surface area contributed by atoms with Gasteiger partial charge >= 0.3 is 0 Å². The van der Waals surface area contributed by atoms with Crippen LogP contribution in [0.4, 0.5) is 11.4 Å². The molecule has 1 aliphatic heterocycles. The fraction of sp³-hybridized carbons (Fsp3) is 0.500. The maximum absolute atomic E-state index is 9.38. The minimum absolute atomic E-state index is 0.0167. The average molecular weight is 301 g/mol. The molecule has 1 aromatic carbocycles. The highest BCUT2D eigenvalue weighted by molar-refractivity contribution is 9.10. The Morgan fingerprint density at radius 2 is 2.35 bits per heavy atom. The molecule has 2 rings (SSSR count). The van der Waals surface area contributed by atoms with Gasteiger partial charge in [-0.1, -0.05) is 0 Å². The molecule has 0 aromatic heterocycles. The second kappa shape index (κ2) is 5.25. The molecular formula is C12H17BrN2O2. The molecule has 5 heteroatoms. The van der Waals surface area contributed by atoms with Crippen LogP contribution in [0.5, 0.6) is 0 Å². The summed E-state index contributed by atoms with van der Waals surface area (Å²) in [6, 6.07) is 3.98. The van der Waals surface area contributed by atoms with Crippen molar-refractivity contribution in [2.45, 2.75) is 13.0 Å². The molecule has 17 heavy (non-hydrogen) atoms. The van der Waals surface area contributed by atoms with E-state index in [0.29, 0.717) is 13.2 Å². The Bertz CT molecular complexity index is 412. The summed E-state index contributed by atoms with van der Waals surface area (Å²) in [7, 11) is 0. The van der Waals surface area contributed by atoms with E-state index < -0.39 is 0 Å². The fourth-order valence-corrected chi connectivity index (χ4v) is 2.61. The average Bonchev–Trinajstić information content (AvgIpc) is 2.34. The maximum atomic E-state index is 9.38. The number of nitrogens with two attached hydrogens (primary N) is 1. The summed E-state index contributed by atoms with van der Waals surface area (Å²) >= 11 is 3.53. The molecular weight excluding hydrogens is 284 g/mol. The van der Waals surface area contributed by atoms with Gasteiger partial charge in [0.15, 0.2) is 0 Å². The number of nitrogen functional groups attached to an aromatic ring is 1. The van der Waals surface area contributed by atoms with E-state index in [1.54, 1.807) is 0 Å². The van der Waals surface area contributed by atoms with Crippen LogP contribution < -0.4 is 10.6 Å². The summed E-state index contributed by atoms with van der Waals surface area (Å²) in [5, 5.41) is 9.38. The molecule has 0 radical (unpaired) electrons. The third kappa shape index (κ3) is 2.56. The van der Waals surface area contributed by atoms with Crippen LogP contribution in [0.15, 0.2) is 16.6 Å². The van der Waals surface area contributed by atoms with Crippen molar-refractivity contribution in [3.63, 3.8) is 0 Å². The molecule has 1 aromatic rings. The number of hydrogen-bond donors (Lipinski definition) is 2. The molecule has 4 nitrogen and oxygen atoms in total. The van der Waals surface area contributed by atoms with Gasteiger partial charge in [0.05, 0.1) is 31.5 Å². The van der Waals surface area contributed by atoms with Gasteiger partial charge in [0.1, 0.15) is 0 Å². The van der Waals surface area contributed by atoms with Crippen LogP contribution in [-0.2, 0) is 4.74 Å². The minimum Gasteiger partial charge on any atom is -0.398 e. The zero-order valence-electron chi connectivity index (χ0n) is 9.82. The Balaban J connectivity index is 2.34. The monoisotopic (exact) mass is 300 g/mol. The lowest BCUT2D eigenvalue weighted by Crippen LogP contribution is -2.47. The van der Waals surface area contributed by atoms with E-state index in [4.69, 9.17) is 10.5 Å². The highest BCUT2D eigenvalue weighted by Crippen LogP contribution is 2.32. The largest absolute Gasteiger partial charge is 0.398 e. The number of nitrogens with zero attached hydrogens (tertiary/aromatic N) is 1. The number of halogens is 1. The van der Waals surface area contributed by atoms with Gasteiger partial charge in [0, 0.05) is 16.7 Å². The number of aliphatic hydroxyl groups is 1. The molecule has 94 valence electrons. The Hall–Kier alpha value is -0.780. The lowest BCUT2D eigenvalue weighted by molar-refractivity contribution is 0.0726. The van der Waals surface area contributed by atoms with Gasteiger partial charge in [-0.15, -0.1) is 0 Å². The number of hydrogen-bond acceptors (Lipinski definition) is 4. The summed E-state index contributed by atoms with van der Waals surface area (Å²) in [5.74, 6) is 0. The highest BCUT2D eigenvalue weighted by atomic mass is 79.9. The van der Waals surface area contributed by atoms with Crippen LogP contribution >= 0.6 is 15.9 Å². The number of aliphatic hydroxyl groups excluding tert-OH is 1. The van der Waals surface area contributed by atoms with Gasteiger partial charge in [-0.05, 0) is 40.5 Å². The van der Waals surface area contributed by atoms with Crippen LogP contribution in [0, 0.1) is 6.92 Å². The third-order valence-corrected chi connectivity index (χ3v) is 3.72. The number of benzene rings is 1. The Labute approximate surface area is 109 Å². The van der Waals surface area contributed by atoms with Crippen LogP contribution in [-0.4, -0.2) is 37.5 Å². The van der Waals surface area contributed by atoms with Crippen molar-refractivity contribution < 1.29 is 9.84 Å². The van der Waals surface area contributed by atoms with E-state index in [9.17, 15) is 5.11 Å². The first-order valence-corrected chi connectivity index (χ1v) is 6.43. The van der Waals surface area contributed by atoms with Crippen LogP contribution in [0.1, 0.15) is 5.56 Å². The first-order valence-electron chi connectivity index (χ1n) is 5.64. The van der Waals surface area contributed by atoms with Crippen molar-refractivity contribution in [3.05, 3.63) is 22.2 Å². The lowest BCUT2D eigenvalue weighted by atomic mass is 10.1. The second-order valence-electron chi connectivity index (χ2n) is 4.26. The van der Waals surface area contributed by atoms with Gasteiger partial charge in [0.25, 0.3) is 0 Å². The smallest absolute Gasteiger partial charge is 0.0755 e. The number of rotatable bonds is 2. The second-order valence-corrected chi connectivity index (χ2v) is 5.12. The summed E-state index contributed by atoms with van der Waals surface area (Å²) in [5.41, 5.74) is 8.75. The molecule has 1 fully saturated rings. The first-order chi connectivity index (χ1) is 8.13. The Morgan fingerprint density at radius 1 is 1.59 bits per heavy atom. The van der Waals surface area contributed by atoms with Crippen LogP contribution in [0.3, 0.4) is 0 Å². The molecule has 1 aliphatic rings. The van der Waals surface area contributed by atoms with E-state index in [-0.39, 0.29) is 12.6 Å². The Morgan fingerprint density at radius 3 is 3.06 bits per heavy atom. The maximum Gasteiger partial charge on any atom is 0.0755 e. The van der Waals surface area contributed by atoms with Crippen LogP contribution in [0.25, 0.3) is 0 Å². The topological polar surface area (TPSA) is 58.7 Å². The molecule has 0 amide bonds. The molecule has 1 unspecified atom stereocenters. The fourth-order valence-electron chi connectivity index (χ4n) is 2.02. The Kier molecular flexibility index (Phi) is 3.91. The number of morpholine rings is 1. The van der Waals surface area contributed by atoms with Gasteiger partial charge < -0.3 is 20.5 Å². The molecule has 0 saturated carbocycles. The molecule has 0 bridgehead atoms. The lowest BCUT2D eigenvalue weighted by Gasteiger charge is -2.37. The van der Waals surface area contributed by atoms with Gasteiger partial charge in [0.2, 0.25) is 0 Å². The van der Waals surface area contributed by atoms with Crippen molar-refractivity contribution in [2.24, 2.45) is 0 Å². The van der Waals surface area contributed by atoms with Crippen LogP contribution in [0.2, 0.25) is 0 Å². The van der Waals surface area contributed by atoms with Crippen molar-refractivity contribution in [2.75, 3.05) is 37.0 Å². The zero-order chi connectivity index (χ0) is 12.4. The van der Waals surface area contributed by atoms with Crippen molar-refractivity contribution in [3.8, 4) is 0 Å². The molecule has 1 heterocycles. The summed E-state index contributed by atoms with van der Waals surface area (Å²) < 4.78 is 6.34. The molecule has 0 aliphatic carbocycles. The standard InChI is InChI=1S/C12H17BrN2O2/c1-8-4-12(10(13)5-11(8)14)15-2-3-17-7-9(15)6-16/h4-5,9,16H,2-3,6-7,14H2,1H3. The van der Waals surface area contributed by atoms with Gasteiger partial charge in [-0.2, -0.15) is 0 Å². The predicted molar refractivity (Wildman–Crippen MR) is 72.3 cm³/mol. The van der Waals surface area contributed by atoms with E-state index in [0.717, 1.165) is 28.0 Å². The van der Waals surface area contributed by atoms with Crippen molar-refractivity contribution in [1.82, 2.24) is 0 Å². The SMILES string of the molecule is Cc1cc(N2CCOCC2CO)c(Br)cc1N. The zero-order valence-corrected chi connectivity index (χ0v) is 11.4. The van der Waals surface area contributed by atoms with E-state index in [2.05, 4.69) is 20.8 Å². The van der Waals surface area contributed by atoms with Gasteiger partial charge in [-0.3, -0.25) is 0 Å². The van der Waals surface area contributed by atoms with E-state index in [1.807, 2.05) is 19.1 Å². The number of ether oxygens (including phenoxy) is 1. The normalized spacial score (nSPS) is 20.6. The third-order valence-electron chi connectivity index (χ3n) is 3.08. The van der Waals surface area contributed by atoms with Gasteiger partial charge in [-0.25, -0.2) is 0 Å². The first kappa shape index (κ1) is 12.7. The summed E-state index contributed by atoms with van der Waals surface area (Å²) in [6.45, 7) is 4.11. The molecule has 1 saturated heterocycles. The molecule has 1 atom stereocenters. The van der Waals surface area contributed by atoms with E-state index in [1.165, 1.54) is 0 Å².